The molecule has 0 saturated carbocycles. The third-order valence-corrected chi connectivity index (χ3v) is 3.75. The number of ether oxygens (including phenoxy) is 2. The van der Waals surface area contributed by atoms with Crippen molar-refractivity contribution in [1.29, 1.82) is 0 Å². The van der Waals surface area contributed by atoms with Gasteiger partial charge in [0.2, 0.25) is 0 Å². The van der Waals surface area contributed by atoms with Gasteiger partial charge in [0.1, 0.15) is 0 Å². The maximum absolute atomic E-state index is 12.7. The molecule has 1 amide bonds. The Morgan fingerprint density at radius 2 is 2.14 bits per heavy atom. The van der Waals surface area contributed by atoms with Gasteiger partial charge in [0.05, 0.1) is 38.2 Å². The SMILES string of the molecule is COc1cn(-c2ccccc2)nc1C(=O)N1CCOCC1C. The van der Waals surface area contributed by atoms with E-state index in [0.717, 1.165) is 5.69 Å². The Kier molecular flexibility index (Phi) is 4.11. The van der Waals surface area contributed by atoms with Crippen LogP contribution in [-0.2, 0) is 4.74 Å². The van der Waals surface area contributed by atoms with Crippen LogP contribution in [0.4, 0.5) is 0 Å². The highest BCUT2D eigenvalue weighted by atomic mass is 16.5. The molecule has 0 radical (unpaired) electrons. The number of rotatable bonds is 3. The van der Waals surface area contributed by atoms with E-state index in [0.29, 0.717) is 31.2 Å². The largest absolute Gasteiger partial charge is 0.493 e. The molecule has 1 atom stereocenters. The summed E-state index contributed by atoms with van der Waals surface area (Å²) in [6.07, 6.45) is 1.73. The highest BCUT2D eigenvalue weighted by Crippen LogP contribution is 2.22. The standard InChI is InChI=1S/C16H19N3O3/c1-12-11-22-9-8-18(12)16(20)15-14(21-2)10-19(17-15)13-6-4-3-5-7-13/h3-7,10,12H,8-9,11H2,1-2H3. The average Bonchev–Trinajstić information content (AvgIpc) is 3.00. The van der Waals surface area contributed by atoms with Crippen molar-refractivity contribution in [2.24, 2.45) is 0 Å². The molecule has 22 heavy (non-hydrogen) atoms. The van der Waals surface area contributed by atoms with Crippen LogP contribution >= 0.6 is 0 Å². The molecule has 0 spiro atoms. The third-order valence-electron chi connectivity index (χ3n) is 3.75. The van der Waals surface area contributed by atoms with Crippen LogP contribution in [0.5, 0.6) is 5.75 Å². The number of carbonyl (C=O) groups is 1. The van der Waals surface area contributed by atoms with E-state index in [4.69, 9.17) is 9.47 Å². The van der Waals surface area contributed by atoms with Crippen LogP contribution in [0.2, 0.25) is 0 Å². The number of benzene rings is 1. The lowest BCUT2D eigenvalue weighted by molar-refractivity contribution is 0.00310. The Balaban J connectivity index is 1.93. The number of amides is 1. The number of methoxy groups -OCH3 is 1. The molecule has 1 fully saturated rings. The molecule has 0 bridgehead atoms. The van der Waals surface area contributed by atoms with Gasteiger partial charge in [-0.1, -0.05) is 18.2 Å². The van der Waals surface area contributed by atoms with Crippen molar-refractivity contribution in [1.82, 2.24) is 14.7 Å². The minimum atomic E-state index is -0.123. The highest BCUT2D eigenvalue weighted by Gasteiger charge is 2.29. The molecule has 6 heteroatoms. The van der Waals surface area contributed by atoms with E-state index < -0.39 is 0 Å². The Bertz CT molecular complexity index is 654. The first-order chi connectivity index (χ1) is 10.7. The first-order valence-corrected chi connectivity index (χ1v) is 7.28. The maximum Gasteiger partial charge on any atom is 0.278 e. The zero-order chi connectivity index (χ0) is 15.5. The van der Waals surface area contributed by atoms with E-state index in [-0.39, 0.29) is 11.9 Å². The van der Waals surface area contributed by atoms with Gasteiger partial charge in [0, 0.05) is 6.54 Å². The average molecular weight is 301 g/mol. The summed E-state index contributed by atoms with van der Waals surface area (Å²) in [5, 5.41) is 4.42. The van der Waals surface area contributed by atoms with Crippen LogP contribution in [0.3, 0.4) is 0 Å². The smallest absolute Gasteiger partial charge is 0.278 e. The number of hydrogen-bond donors (Lipinski definition) is 0. The molecule has 6 nitrogen and oxygen atoms in total. The molecule has 2 aromatic rings. The molecule has 0 aliphatic carbocycles. The normalized spacial score (nSPS) is 18.3. The molecule has 2 heterocycles. The molecule has 1 saturated heterocycles. The number of aromatic nitrogens is 2. The summed E-state index contributed by atoms with van der Waals surface area (Å²) in [6.45, 7) is 3.64. The van der Waals surface area contributed by atoms with Crippen molar-refractivity contribution < 1.29 is 14.3 Å². The third kappa shape index (κ3) is 2.69. The van der Waals surface area contributed by atoms with Gasteiger partial charge >= 0.3 is 0 Å². The number of nitrogens with zero attached hydrogens (tertiary/aromatic N) is 3. The summed E-state index contributed by atoms with van der Waals surface area (Å²) in [7, 11) is 1.55. The van der Waals surface area contributed by atoms with E-state index in [1.54, 1.807) is 22.9 Å². The fourth-order valence-electron chi connectivity index (χ4n) is 2.53. The van der Waals surface area contributed by atoms with E-state index >= 15 is 0 Å². The monoisotopic (exact) mass is 301 g/mol. The zero-order valence-corrected chi connectivity index (χ0v) is 12.7. The highest BCUT2D eigenvalue weighted by molar-refractivity contribution is 5.95. The summed E-state index contributed by atoms with van der Waals surface area (Å²) in [5.41, 5.74) is 1.22. The predicted molar refractivity (Wildman–Crippen MR) is 81.4 cm³/mol. The molecule has 1 aliphatic heterocycles. The molecule has 1 aromatic carbocycles. The van der Waals surface area contributed by atoms with E-state index in [9.17, 15) is 4.79 Å². The maximum atomic E-state index is 12.7. The first kappa shape index (κ1) is 14.6. The van der Waals surface area contributed by atoms with E-state index in [1.165, 1.54) is 0 Å². The minimum Gasteiger partial charge on any atom is -0.493 e. The lowest BCUT2D eigenvalue weighted by Crippen LogP contribution is -2.47. The molecular formula is C16H19N3O3. The Morgan fingerprint density at radius 3 is 2.82 bits per heavy atom. The summed E-state index contributed by atoms with van der Waals surface area (Å²) in [5.74, 6) is 0.356. The number of hydrogen-bond acceptors (Lipinski definition) is 4. The predicted octanol–water partition coefficient (Wildman–Crippen LogP) is 1.74. The summed E-state index contributed by atoms with van der Waals surface area (Å²) >= 11 is 0. The van der Waals surface area contributed by atoms with Gasteiger partial charge in [-0.15, -0.1) is 0 Å². The number of para-hydroxylation sites is 1. The Labute approximate surface area is 129 Å². The van der Waals surface area contributed by atoms with E-state index in [2.05, 4.69) is 5.10 Å². The lowest BCUT2D eigenvalue weighted by Gasteiger charge is -2.32. The minimum absolute atomic E-state index is 0.0350. The molecule has 1 unspecified atom stereocenters. The van der Waals surface area contributed by atoms with Crippen LogP contribution in [-0.4, -0.2) is 53.5 Å². The molecule has 3 rings (SSSR count). The van der Waals surface area contributed by atoms with Crippen molar-refractivity contribution >= 4 is 5.91 Å². The Hall–Kier alpha value is -2.34. The van der Waals surface area contributed by atoms with Crippen molar-refractivity contribution in [3.63, 3.8) is 0 Å². The zero-order valence-electron chi connectivity index (χ0n) is 12.7. The van der Waals surface area contributed by atoms with Gasteiger partial charge in [0.15, 0.2) is 11.4 Å². The van der Waals surface area contributed by atoms with Crippen LogP contribution < -0.4 is 4.74 Å². The van der Waals surface area contributed by atoms with Crippen molar-refractivity contribution in [2.45, 2.75) is 13.0 Å². The fraction of sp³-hybridized carbons (Fsp3) is 0.375. The van der Waals surface area contributed by atoms with Crippen LogP contribution in [0.15, 0.2) is 36.5 Å². The molecule has 0 N–H and O–H groups in total. The summed E-state index contributed by atoms with van der Waals surface area (Å²) < 4.78 is 12.4. The number of carbonyl (C=O) groups excluding carboxylic acids is 1. The number of morpholine rings is 1. The topological polar surface area (TPSA) is 56.6 Å². The van der Waals surface area contributed by atoms with Crippen LogP contribution in [0.1, 0.15) is 17.4 Å². The molecular weight excluding hydrogens is 282 g/mol. The second-order valence-corrected chi connectivity index (χ2v) is 5.25. The fourth-order valence-corrected chi connectivity index (χ4v) is 2.53. The summed E-state index contributed by atoms with van der Waals surface area (Å²) in [6, 6.07) is 9.68. The van der Waals surface area contributed by atoms with Crippen LogP contribution in [0, 0.1) is 0 Å². The van der Waals surface area contributed by atoms with Gasteiger partial charge < -0.3 is 14.4 Å². The van der Waals surface area contributed by atoms with E-state index in [1.807, 2.05) is 37.3 Å². The van der Waals surface area contributed by atoms with Crippen molar-refractivity contribution in [2.75, 3.05) is 26.9 Å². The molecule has 1 aromatic heterocycles. The van der Waals surface area contributed by atoms with Gasteiger partial charge in [-0.05, 0) is 19.1 Å². The van der Waals surface area contributed by atoms with Crippen molar-refractivity contribution in [3.8, 4) is 11.4 Å². The first-order valence-electron chi connectivity index (χ1n) is 7.28. The summed E-state index contributed by atoms with van der Waals surface area (Å²) in [4.78, 5) is 14.5. The molecule has 116 valence electrons. The van der Waals surface area contributed by atoms with Gasteiger partial charge in [-0.3, -0.25) is 4.79 Å². The van der Waals surface area contributed by atoms with Crippen LogP contribution in [0.25, 0.3) is 5.69 Å². The van der Waals surface area contributed by atoms with Gasteiger partial charge in [-0.25, -0.2) is 4.68 Å². The molecule has 1 aliphatic rings. The lowest BCUT2D eigenvalue weighted by atomic mass is 10.2. The van der Waals surface area contributed by atoms with Crippen molar-refractivity contribution in [3.05, 3.63) is 42.2 Å². The second kappa shape index (κ2) is 6.19. The van der Waals surface area contributed by atoms with Gasteiger partial charge in [0.25, 0.3) is 5.91 Å². The quantitative estimate of drug-likeness (QED) is 0.866. The van der Waals surface area contributed by atoms with Gasteiger partial charge in [-0.2, -0.15) is 5.10 Å². The second-order valence-electron chi connectivity index (χ2n) is 5.25. The Morgan fingerprint density at radius 1 is 1.36 bits per heavy atom.